The first-order valence-corrected chi connectivity index (χ1v) is 8.64. The van der Waals surface area contributed by atoms with E-state index in [1.165, 1.54) is 6.92 Å². The molecule has 0 unspecified atom stereocenters. The highest BCUT2D eigenvalue weighted by atomic mass is 32.2. The molecule has 2 N–H and O–H groups in total. The predicted molar refractivity (Wildman–Crippen MR) is 98.4 cm³/mol. The van der Waals surface area contributed by atoms with Gasteiger partial charge in [0.05, 0.1) is 0 Å². The molecule has 2 aromatic carbocycles. The lowest BCUT2D eigenvalue weighted by molar-refractivity contribution is -0.122. The molecule has 0 aromatic heterocycles. The number of benzene rings is 2. The standard InChI is InChI=1S/C19H20N2O2S/c1-15(22)21-18(14-16-8-4-2-5-9-16)19(23)20-12-13-24-17-10-6-3-7-11-17/h2-11,14H,12-13H2,1H3,(H,20,23)(H,21,22)/b18-14-. The molecule has 0 atom stereocenters. The maximum absolute atomic E-state index is 12.3. The van der Waals surface area contributed by atoms with Crippen LogP contribution in [-0.4, -0.2) is 24.1 Å². The van der Waals surface area contributed by atoms with Crippen molar-refractivity contribution in [1.29, 1.82) is 0 Å². The van der Waals surface area contributed by atoms with Crippen LogP contribution in [0.15, 0.2) is 71.3 Å². The first-order chi connectivity index (χ1) is 11.6. The van der Waals surface area contributed by atoms with E-state index < -0.39 is 0 Å². The Hall–Kier alpha value is -2.53. The van der Waals surface area contributed by atoms with E-state index in [4.69, 9.17) is 0 Å². The van der Waals surface area contributed by atoms with Crippen molar-refractivity contribution in [2.45, 2.75) is 11.8 Å². The molecule has 2 rings (SSSR count). The summed E-state index contributed by atoms with van der Waals surface area (Å²) >= 11 is 1.67. The van der Waals surface area contributed by atoms with E-state index in [1.807, 2.05) is 60.7 Å². The topological polar surface area (TPSA) is 58.2 Å². The summed E-state index contributed by atoms with van der Waals surface area (Å²) in [6.07, 6.45) is 1.67. The number of carbonyl (C=O) groups excluding carboxylic acids is 2. The Bertz CT molecular complexity index is 700. The lowest BCUT2D eigenvalue weighted by atomic mass is 10.2. The van der Waals surface area contributed by atoms with Crippen molar-refractivity contribution in [2.75, 3.05) is 12.3 Å². The highest BCUT2D eigenvalue weighted by Gasteiger charge is 2.10. The Kier molecular flexibility index (Phi) is 7.11. The van der Waals surface area contributed by atoms with Gasteiger partial charge in [-0.25, -0.2) is 0 Å². The van der Waals surface area contributed by atoms with Crippen LogP contribution in [0.5, 0.6) is 0 Å². The summed E-state index contributed by atoms with van der Waals surface area (Å²) < 4.78 is 0. The van der Waals surface area contributed by atoms with Crippen LogP contribution in [0.3, 0.4) is 0 Å². The summed E-state index contributed by atoms with van der Waals surface area (Å²) in [7, 11) is 0. The molecule has 0 aliphatic rings. The summed E-state index contributed by atoms with van der Waals surface area (Å²) in [4.78, 5) is 24.8. The normalized spacial score (nSPS) is 11.0. The molecule has 0 saturated carbocycles. The van der Waals surface area contributed by atoms with Crippen molar-refractivity contribution >= 4 is 29.7 Å². The maximum atomic E-state index is 12.3. The minimum atomic E-state index is -0.289. The van der Waals surface area contributed by atoms with Crippen LogP contribution in [0.2, 0.25) is 0 Å². The van der Waals surface area contributed by atoms with Crippen molar-refractivity contribution < 1.29 is 9.59 Å². The molecule has 0 saturated heterocycles. The van der Waals surface area contributed by atoms with Gasteiger partial charge in [-0.05, 0) is 23.8 Å². The molecule has 0 aliphatic carbocycles. The van der Waals surface area contributed by atoms with Gasteiger partial charge in [-0.1, -0.05) is 48.5 Å². The zero-order chi connectivity index (χ0) is 17.2. The first kappa shape index (κ1) is 17.8. The Morgan fingerprint density at radius 1 is 1.00 bits per heavy atom. The molecule has 0 heterocycles. The van der Waals surface area contributed by atoms with Crippen molar-refractivity contribution in [3.8, 4) is 0 Å². The lowest BCUT2D eigenvalue weighted by Crippen LogP contribution is -2.34. The fraction of sp³-hybridized carbons (Fsp3) is 0.158. The molecule has 4 nitrogen and oxygen atoms in total. The van der Waals surface area contributed by atoms with Crippen molar-refractivity contribution in [1.82, 2.24) is 10.6 Å². The molecule has 5 heteroatoms. The van der Waals surface area contributed by atoms with Crippen molar-refractivity contribution in [3.05, 3.63) is 71.9 Å². The van der Waals surface area contributed by atoms with Gasteiger partial charge in [0.1, 0.15) is 5.70 Å². The average Bonchev–Trinajstić information content (AvgIpc) is 2.59. The van der Waals surface area contributed by atoms with E-state index in [0.717, 1.165) is 16.2 Å². The van der Waals surface area contributed by atoms with Crippen LogP contribution in [-0.2, 0) is 9.59 Å². The number of hydrogen-bond donors (Lipinski definition) is 2. The third-order valence-electron chi connectivity index (χ3n) is 3.07. The van der Waals surface area contributed by atoms with E-state index in [1.54, 1.807) is 17.8 Å². The largest absolute Gasteiger partial charge is 0.350 e. The fourth-order valence-corrected chi connectivity index (χ4v) is 2.80. The zero-order valence-corrected chi connectivity index (χ0v) is 14.3. The number of amides is 2. The minimum absolute atomic E-state index is 0.249. The second-order valence-corrected chi connectivity index (χ2v) is 6.24. The molecular weight excluding hydrogens is 320 g/mol. The zero-order valence-electron chi connectivity index (χ0n) is 13.5. The van der Waals surface area contributed by atoms with Crippen LogP contribution in [0, 0.1) is 0 Å². The predicted octanol–water partition coefficient (Wildman–Crippen LogP) is 3.07. The van der Waals surface area contributed by atoms with Gasteiger partial charge in [0.2, 0.25) is 5.91 Å². The smallest absolute Gasteiger partial charge is 0.267 e. The molecule has 24 heavy (non-hydrogen) atoms. The Balaban J connectivity index is 1.90. The van der Waals surface area contributed by atoms with Crippen LogP contribution in [0.1, 0.15) is 12.5 Å². The highest BCUT2D eigenvalue weighted by Crippen LogP contribution is 2.15. The maximum Gasteiger partial charge on any atom is 0.267 e. The fourth-order valence-electron chi connectivity index (χ4n) is 2.01. The quantitative estimate of drug-likeness (QED) is 0.463. The van der Waals surface area contributed by atoms with Crippen molar-refractivity contribution in [3.63, 3.8) is 0 Å². The van der Waals surface area contributed by atoms with Crippen LogP contribution in [0.4, 0.5) is 0 Å². The summed E-state index contributed by atoms with van der Waals surface area (Å²) in [5.74, 6) is 0.197. The number of rotatable bonds is 7. The van der Waals surface area contributed by atoms with Gasteiger partial charge in [0, 0.05) is 24.1 Å². The van der Waals surface area contributed by atoms with Gasteiger partial charge in [-0.2, -0.15) is 0 Å². The highest BCUT2D eigenvalue weighted by molar-refractivity contribution is 7.99. The number of nitrogens with one attached hydrogen (secondary N) is 2. The van der Waals surface area contributed by atoms with Crippen LogP contribution in [0.25, 0.3) is 6.08 Å². The Morgan fingerprint density at radius 2 is 1.62 bits per heavy atom. The van der Waals surface area contributed by atoms with E-state index >= 15 is 0 Å². The summed E-state index contributed by atoms with van der Waals surface area (Å²) in [6, 6.07) is 19.4. The lowest BCUT2D eigenvalue weighted by Gasteiger charge is -2.09. The molecule has 0 spiro atoms. The van der Waals surface area contributed by atoms with Gasteiger partial charge in [-0.15, -0.1) is 11.8 Å². The number of hydrogen-bond acceptors (Lipinski definition) is 3. The number of carbonyl (C=O) groups is 2. The average molecular weight is 340 g/mol. The molecule has 0 fully saturated rings. The molecule has 124 valence electrons. The van der Waals surface area contributed by atoms with Gasteiger partial charge in [0.25, 0.3) is 5.91 Å². The third kappa shape index (κ3) is 6.30. The first-order valence-electron chi connectivity index (χ1n) is 7.65. The summed E-state index contributed by atoms with van der Waals surface area (Å²) in [6.45, 7) is 1.90. The molecule has 2 amide bonds. The van der Waals surface area contributed by atoms with Crippen LogP contribution >= 0.6 is 11.8 Å². The summed E-state index contributed by atoms with van der Waals surface area (Å²) in [5, 5.41) is 5.43. The number of thioether (sulfide) groups is 1. The molecular formula is C19H20N2O2S. The SMILES string of the molecule is CC(=O)N/C(=C\c1ccccc1)C(=O)NCCSc1ccccc1. The van der Waals surface area contributed by atoms with Crippen LogP contribution < -0.4 is 10.6 Å². The Labute approximate surface area is 146 Å². The van der Waals surface area contributed by atoms with E-state index in [2.05, 4.69) is 10.6 Å². The van der Waals surface area contributed by atoms with Gasteiger partial charge in [0.15, 0.2) is 0 Å². The molecule has 0 bridgehead atoms. The second-order valence-electron chi connectivity index (χ2n) is 5.07. The summed E-state index contributed by atoms with van der Waals surface area (Å²) in [5.41, 5.74) is 1.11. The van der Waals surface area contributed by atoms with Gasteiger partial charge >= 0.3 is 0 Å². The van der Waals surface area contributed by atoms with E-state index in [-0.39, 0.29) is 17.5 Å². The molecule has 0 radical (unpaired) electrons. The van der Waals surface area contributed by atoms with Gasteiger partial charge < -0.3 is 10.6 Å². The Morgan fingerprint density at radius 3 is 2.25 bits per heavy atom. The molecule has 0 aliphatic heterocycles. The third-order valence-corrected chi connectivity index (χ3v) is 4.08. The van der Waals surface area contributed by atoms with E-state index in [9.17, 15) is 9.59 Å². The van der Waals surface area contributed by atoms with Gasteiger partial charge in [-0.3, -0.25) is 9.59 Å². The van der Waals surface area contributed by atoms with E-state index in [0.29, 0.717) is 6.54 Å². The second kappa shape index (κ2) is 9.57. The molecule has 2 aromatic rings. The monoisotopic (exact) mass is 340 g/mol. The van der Waals surface area contributed by atoms with Crippen molar-refractivity contribution in [2.24, 2.45) is 0 Å². The minimum Gasteiger partial charge on any atom is -0.350 e.